The zero-order valence-electron chi connectivity index (χ0n) is 10.3. The van der Waals surface area contributed by atoms with Gasteiger partial charge in [-0.05, 0) is 36.6 Å². The predicted molar refractivity (Wildman–Crippen MR) is 63.5 cm³/mol. The van der Waals surface area contributed by atoms with E-state index in [0.29, 0.717) is 11.5 Å². The van der Waals surface area contributed by atoms with Crippen LogP contribution < -0.4 is 5.73 Å². The molecule has 0 spiro atoms. The largest absolute Gasteiger partial charge is 0.329 e. The van der Waals surface area contributed by atoms with E-state index in [1.54, 1.807) is 0 Å². The SMILES string of the molecule is CC1CCN(C(CN)c2cc(F)c(F)c(F)c2)C1. The van der Waals surface area contributed by atoms with Gasteiger partial charge in [0.15, 0.2) is 17.5 Å². The number of rotatable bonds is 3. The van der Waals surface area contributed by atoms with Crippen molar-refractivity contribution in [3.05, 3.63) is 35.1 Å². The summed E-state index contributed by atoms with van der Waals surface area (Å²) in [5.74, 6) is -3.19. The molecule has 2 rings (SSSR count). The maximum atomic E-state index is 13.2. The van der Waals surface area contributed by atoms with Gasteiger partial charge in [0.1, 0.15) is 0 Å². The second-order valence-corrected chi connectivity index (χ2v) is 4.94. The highest BCUT2D eigenvalue weighted by molar-refractivity contribution is 5.23. The number of benzene rings is 1. The highest BCUT2D eigenvalue weighted by Gasteiger charge is 2.27. The molecule has 1 aliphatic heterocycles. The molecule has 0 saturated carbocycles. The molecule has 0 amide bonds. The van der Waals surface area contributed by atoms with Crippen LogP contribution in [-0.2, 0) is 0 Å². The van der Waals surface area contributed by atoms with Gasteiger partial charge in [-0.15, -0.1) is 0 Å². The predicted octanol–water partition coefficient (Wildman–Crippen LogP) is 2.45. The number of hydrogen-bond donors (Lipinski definition) is 1. The summed E-state index contributed by atoms with van der Waals surface area (Å²) in [5, 5.41) is 0. The number of halogens is 3. The van der Waals surface area contributed by atoms with Crippen LogP contribution in [0.2, 0.25) is 0 Å². The Kier molecular flexibility index (Phi) is 3.92. The minimum atomic E-state index is -1.43. The van der Waals surface area contributed by atoms with Crippen LogP contribution in [0.4, 0.5) is 13.2 Å². The highest BCUT2D eigenvalue weighted by atomic mass is 19.2. The third-order valence-corrected chi connectivity index (χ3v) is 3.51. The Morgan fingerprint density at radius 2 is 1.94 bits per heavy atom. The second-order valence-electron chi connectivity index (χ2n) is 4.94. The molecule has 5 heteroatoms. The van der Waals surface area contributed by atoms with E-state index in [4.69, 9.17) is 5.73 Å². The van der Waals surface area contributed by atoms with E-state index in [0.717, 1.165) is 31.6 Å². The average molecular weight is 258 g/mol. The zero-order valence-corrected chi connectivity index (χ0v) is 10.3. The molecule has 1 aromatic carbocycles. The van der Waals surface area contributed by atoms with Gasteiger partial charge >= 0.3 is 0 Å². The van der Waals surface area contributed by atoms with Gasteiger partial charge in [0.2, 0.25) is 0 Å². The fraction of sp³-hybridized carbons (Fsp3) is 0.538. The van der Waals surface area contributed by atoms with Crippen molar-refractivity contribution in [1.29, 1.82) is 0 Å². The quantitative estimate of drug-likeness (QED) is 0.844. The standard InChI is InChI=1S/C13H17F3N2/c1-8-2-3-18(7-8)12(6-17)9-4-10(14)13(16)11(15)5-9/h4-5,8,12H,2-3,6-7,17H2,1H3. The first kappa shape index (κ1) is 13.4. The molecule has 0 bridgehead atoms. The molecule has 2 N–H and O–H groups in total. The monoisotopic (exact) mass is 258 g/mol. The van der Waals surface area contributed by atoms with E-state index in [1.165, 1.54) is 0 Å². The van der Waals surface area contributed by atoms with Crippen LogP contribution in [0, 0.1) is 23.4 Å². The summed E-state index contributed by atoms with van der Waals surface area (Å²) in [6.45, 7) is 4.09. The van der Waals surface area contributed by atoms with Crippen molar-refractivity contribution in [2.24, 2.45) is 11.7 Å². The van der Waals surface area contributed by atoms with Crippen LogP contribution >= 0.6 is 0 Å². The fourth-order valence-corrected chi connectivity index (χ4v) is 2.52. The minimum absolute atomic E-state index is 0.250. The summed E-state index contributed by atoms with van der Waals surface area (Å²) in [6, 6.07) is 1.83. The van der Waals surface area contributed by atoms with Gasteiger partial charge in [-0.3, -0.25) is 4.90 Å². The molecule has 1 aromatic rings. The second kappa shape index (κ2) is 5.28. The number of likely N-dealkylation sites (tertiary alicyclic amines) is 1. The number of nitrogens with two attached hydrogens (primary N) is 1. The average Bonchev–Trinajstić information content (AvgIpc) is 2.73. The summed E-state index contributed by atoms with van der Waals surface area (Å²) < 4.78 is 39.4. The Balaban J connectivity index is 2.27. The smallest absolute Gasteiger partial charge is 0.194 e. The molecule has 1 aliphatic rings. The van der Waals surface area contributed by atoms with Crippen LogP contribution in [0.1, 0.15) is 24.9 Å². The Hall–Kier alpha value is -1.07. The summed E-state index contributed by atoms with van der Waals surface area (Å²) in [5.41, 5.74) is 6.09. The lowest BCUT2D eigenvalue weighted by atomic mass is 10.0. The van der Waals surface area contributed by atoms with Gasteiger partial charge in [-0.25, -0.2) is 13.2 Å². The molecule has 100 valence electrons. The zero-order chi connectivity index (χ0) is 13.3. The summed E-state index contributed by atoms with van der Waals surface area (Å²) >= 11 is 0. The van der Waals surface area contributed by atoms with E-state index in [1.807, 2.05) is 0 Å². The van der Waals surface area contributed by atoms with Gasteiger partial charge in [0.05, 0.1) is 0 Å². The van der Waals surface area contributed by atoms with Crippen molar-refractivity contribution >= 4 is 0 Å². The maximum absolute atomic E-state index is 13.2. The van der Waals surface area contributed by atoms with Crippen molar-refractivity contribution in [2.75, 3.05) is 19.6 Å². The van der Waals surface area contributed by atoms with E-state index in [-0.39, 0.29) is 12.6 Å². The molecule has 2 unspecified atom stereocenters. The lowest BCUT2D eigenvalue weighted by molar-refractivity contribution is 0.242. The van der Waals surface area contributed by atoms with Gasteiger partial charge in [0, 0.05) is 19.1 Å². The lowest BCUT2D eigenvalue weighted by Crippen LogP contribution is -2.32. The molecular weight excluding hydrogens is 241 g/mol. The molecule has 0 aromatic heterocycles. The van der Waals surface area contributed by atoms with Crippen molar-refractivity contribution < 1.29 is 13.2 Å². The third-order valence-electron chi connectivity index (χ3n) is 3.51. The molecule has 18 heavy (non-hydrogen) atoms. The minimum Gasteiger partial charge on any atom is -0.329 e. The first-order valence-corrected chi connectivity index (χ1v) is 6.11. The normalized spacial score (nSPS) is 22.4. The van der Waals surface area contributed by atoms with Crippen LogP contribution in [-0.4, -0.2) is 24.5 Å². The van der Waals surface area contributed by atoms with Gasteiger partial charge in [-0.1, -0.05) is 6.92 Å². The summed E-state index contributed by atoms with van der Waals surface area (Å²) in [4.78, 5) is 2.09. The van der Waals surface area contributed by atoms with E-state index < -0.39 is 17.5 Å². The first-order valence-electron chi connectivity index (χ1n) is 6.11. The highest BCUT2D eigenvalue weighted by Crippen LogP contribution is 2.28. The van der Waals surface area contributed by atoms with Gasteiger partial charge in [0.25, 0.3) is 0 Å². The number of hydrogen-bond acceptors (Lipinski definition) is 2. The fourth-order valence-electron chi connectivity index (χ4n) is 2.52. The van der Waals surface area contributed by atoms with Crippen LogP contribution in [0.5, 0.6) is 0 Å². The van der Waals surface area contributed by atoms with Crippen molar-refractivity contribution in [3.8, 4) is 0 Å². The Morgan fingerprint density at radius 3 is 2.39 bits per heavy atom. The first-order chi connectivity index (χ1) is 8.52. The molecule has 0 aliphatic carbocycles. The molecule has 0 radical (unpaired) electrons. The van der Waals surface area contributed by atoms with Crippen molar-refractivity contribution in [2.45, 2.75) is 19.4 Å². The third kappa shape index (κ3) is 2.52. The van der Waals surface area contributed by atoms with Gasteiger partial charge < -0.3 is 5.73 Å². The Bertz CT molecular complexity index is 413. The Morgan fingerprint density at radius 1 is 1.33 bits per heavy atom. The van der Waals surface area contributed by atoms with Crippen LogP contribution in [0.25, 0.3) is 0 Å². The number of nitrogens with zero attached hydrogens (tertiary/aromatic N) is 1. The van der Waals surface area contributed by atoms with E-state index in [2.05, 4.69) is 11.8 Å². The summed E-state index contributed by atoms with van der Waals surface area (Å²) in [7, 11) is 0. The molecular formula is C13H17F3N2. The Labute approximate surface area is 105 Å². The van der Waals surface area contributed by atoms with Crippen molar-refractivity contribution in [3.63, 3.8) is 0 Å². The molecule has 1 saturated heterocycles. The van der Waals surface area contributed by atoms with Gasteiger partial charge in [-0.2, -0.15) is 0 Å². The van der Waals surface area contributed by atoms with Crippen LogP contribution in [0.15, 0.2) is 12.1 Å². The molecule has 1 heterocycles. The molecule has 2 nitrogen and oxygen atoms in total. The van der Waals surface area contributed by atoms with Crippen LogP contribution in [0.3, 0.4) is 0 Å². The maximum Gasteiger partial charge on any atom is 0.194 e. The summed E-state index contributed by atoms with van der Waals surface area (Å²) in [6.07, 6.45) is 1.04. The molecule has 1 fully saturated rings. The topological polar surface area (TPSA) is 29.3 Å². The molecule has 2 atom stereocenters. The lowest BCUT2D eigenvalue weighted by Gasteiger charge is -2.27. The van der Waals surface area contributed by atoms with Crippen molar-refractivity contribution in [1.82, 2.24) is 4.90 Å². The van der Waals surface area contributed by atoms with E-state index in [9.17, 15) is 13.2 Å². The van der Waals surface area contributed by atoms with E-state index >= 15 is 0 Å².